The number of amides is 1. The molecule has 4 heterocycles. The summed E-state index contributed by atoms with van der Waals surface area (Å²) in [5.41, 5.74) is 5.84. The van der Waals surface area contributed by atoms with E-state index in [2.05, 4.69) is 20.5 Å². The van der Waals surface area contributed by atoms with Crippen LogP contribution in [0.4, 0.5) is 10.9 Å². The first-order valence-corrected chi connectivity index (χ1v) is 8.02. The van der Waals surface area contributed by atoms with E-state index in [9.17, 15) is 4.79 Å². The van der Waals surface area contributed by atoms with Gasteiger partial charge in [0.15, 0.2) is 5.13 Å². The maximum Gasteiger partial charge on any atom is 0.265 e. The summed E-state index contributed by atoms with van der Waals surface area (Å²) in [6, 6.07) is 0.258. The summed E-state index contributed by atoms with van der Waals surface area (Å²) in [6.45, 7) is 6.07. The van der Waals surface area contributed by atoms with Gasteiger partial charge >= 0.3 is 0 Å². The number of hydrogen-bond acceptors (Lipinski definition) is 6. The number of nitrogens with zero attached hydrogens (tertiary/aromatic N) is 2. The van der Waals surface area contributed by atoms with Crippen molar-refractivity contribution in [1.29, 1.82) is 0 Å². The van der Waals surface area contributed by atoms with Gasteiger partial charge in [-0.15, -0.1) is 0 Å². The Labute approximate surface area is 122 Å². The van der Waals surface area contributed by atoms with E-state index in [1.54, 1.807) is 0 Å². The maximum absolute atomic E-state index is 12.4. The van der Waals surface area contributed by atoms with Crippen molar-refractivity contribution < 1.29 is 4.79 Å². The lowest BCUT2D eigenvalue weighted by Crippen LogP contribution is -2.57. The highest BCUT2D eigenvalue weighted by Crippen LogP contribution is 2.29. The third kappa shape index (κ3) is 2.60. The molecule has 3 saturated heterocycles. The van der Waals surface area contributed by atoms with Crippen molar-refractivity contribution >= 4 is 28.2 Å². The number of carbonyl (C=O) groups is 1. The highest BCUT2D eigenvalue weighted by Gasteiger charge is 2.35. The Bertz CT molecular complexity index is 495. The van der Waals surface area contributed by atoms with Gasteiger partial charge in [0.05, 0.1) is 0 Å². The molecule has 1 unspecified atom stereocenters. The molecule has 3 aliphatic heterocycles. The topological polar surface area (TPSA) is 83.3 Å². The molecule has 3 fully saturated rings. The van der Waals surface area contributed by atoms with Crippen molar-refractivity contribution in [3.8, 4) is 0 Å². The van der Waals surface area contributed by atoms with E-state index in [-0.39, 0.29) is 11.9 Å². The van der Waals surface area contributed by atoms with Crippen LogP contribution in [-0.4, -0.2) is 48.0 Å². The maximum atomic E-state index is 12.4. The number of anilines is 2. The lowest BCUT2D eigenvalue weighted by atomic mass is 9.84. The molecular formula is C13H21N5OS. The molecule has 4 rings (SSSR count). The number of rotatable bonds is 4. The minimum absolute atomic E-state index is 0.0806. The zero-order valence-electron chi connectivity index (χ0n) is 11.7. The minimum Gasteiger partial charge on any atom is -0.382 e. The average Bonchev–Trinajstić information content (AvgIpc) is 2.81. The van der Waals surface area contributed by atoms with Crippen molar-refractivity contribution in [2.75, 3.05) is 37.2 Å². The molecule has 4 N–H and O–H groups in total. The van der Waals surface area contributed by atoms with Crippen LogP contribution in [0.5, 0.6) is 0 Å². The molecule has 2 bridgehead atoms. The lowest BCUT2D eigenvalue weighted by molar-refractivity contribution is 0.0623. The molecule has 0 spiro atoms. The lowest BCUT2D eigenvalue weighted by Gasteiger charge is -2.44. The Morgan fingerprint density at radius 3 is 2.85 bits per heavy atom. The zero-order valence-corrected chi connectivity index (χ0v) is 12.5. The molecule has 6 nitrogen and oxygen atoms in total. The Balaban J connectivity index is 1.67. The van der Waals surface area contributed by atoms with Gasteiger partial charge in [0.25, 0.3) is 5.91 Å². The van der Waals surface area contributed by atoms with Crippen LogP contribution in [0.1, 0.15) is 29.4 Å². The fourth-order valence-electron chi connectivity index (χ4n) is 3.08. The fourth-order valence-corrected chi connectivity index (χ4v) is 3.94. The third-order valence-electron chi connectivity index (χ3n) is 4.16. The third-order valence-corrected chi connectivity index (χ3v) is 5.19. The monoisotopic (exact) mass is 295 g/mol. The van der Waals surface area contributed by atoms with E-state index in [0.29, 0.717) is 21.7 Å². The number of hydrogen-bond donors (Lipinski definition) is 3. The average molecular weight is 295 g/mol. The predicted octanol–water partition coefficient (Wildman–Crippen LogP) is 0.981. The molecule has 3 aliphatic rings. The number of fused-ring (bicyclic) bond motifs is 3. The fraction of sp³-hybridized carbons (Fsp3) is 0.692. The zero-order chi connectivity index (χ0) is 14.1. The Kier molecular flexibility index (Phi) is 3.80. The number of thiazole rings is 1. The highest BCUT2D eigenvalue weighted by atomic mass is 32.1. The standard InChI is InChI=1S/C13H21N5OS/c1-2-15-13-17-11(14)10(20-13)12(19)16-9-7-18-5-3-8(9)4-6-18/h8-9H,2-7,14H2,1H3,(H,15,17)(H,16,19). The van der Waals surface area contributed by atoms with Gasteiger partial charge in [-0.3, -0.25) is 4.79 Å². The van der Waals surface area contributed by atoms with E-state index in [1.807, 2.05) is 6.92 Å². The van der Waals surface area contributed by atoms with Crippen molar-refractivity contribution in [2.45, 2.75) is 25.8 Å². The first kappa shape index (κ1) is 13.6. The van der Waals surface area contributed by atoms with Crippen LogP contribution in [0.15, 0.2) is 0 Å². The van der Waals surface area contributed by atoms with Crippen LogP contribution >= 0.6 is 11.3 Å². The number of carbonyl (C=O) groups excluding carboxylic acids is 1. The molecule has 0 aliphatic carbocycles. The van der Waals surface area contributed by atoms with E-state index >= 15 is 0 Å². The van der Waals surface area contributed by atoms with Crippen LogP contribution in [0.2, 0.25) is 0 Å². The summed E-state index contributed by atoms with van der Waals surface area (Å²) < 4.78 is 0. The van der Waals surface area contributed by atoms with Crippen molar-refractivity contribution in [3.63, 3.8) is 0 Å². The molecular weight excluding hydrogens is 274 g/mol. The van der Waals surface area contributed by atoms with Gasteiger partial charge in [0.2, 0.25) is 0 Å². The molecule has 20 heavy (non-hydrogen) atoms. The number of nitrogens with two attached hydrogens (primary N) is 1. The van der Waals surface area contributed by atoms with Gasteiger partial charge in [0.1, 0.15) is 10.7 Å². The molecule has 1 atom stereocenters. The number of piperidine rings is 3. The summed E-state index contributed by atoms with van der Waals surface area (Å²) >= 11 is 1.33. The van der Waals surface area contributed by atoms with Gasteiger partial charge in [0, 0.05) is 19.1 Å². The van der Waals surface area contributed by atoms with Crippen molar-refractivity contribution in [1.82, 2.24) is 15.2 Å². The summed E-state index contributed by atoms with van der Waals surface area (Å²) in [5.74, 6) is 0.860. The Morgan fingerprint density at radius 1 is 1.50 bits per heavy atom. The summed E-state index contributed by atoms with van der Waals surface area (Å²) in [6.07, 6.45) is 2.37. The van der Waals surface area contributed by atoms with Crippen LogP contribution in [-0.2, 0) is 0 Å². The van der Waals surface area contributed by atoms with Gasteiger partial charge in [-0.05, 0) is 38.8 Å². The molecule has 1 aromatic heterocycles. The molecule has 1 amide bonds. The first-order valence-electron chi connectivity index (χ1n) is 7.20. The second-order valence-electron chi connectivity index (χ2n) is 5.48. The number of nitrogens with one attached hydrogen (secondary N) is 2. The summed E-state index contributed by atoms with van der Waals surface area (Å²) in [5, 5.41) is 6.95. The SMILES string of the molecule is CCNc1nc(N)c(C(=O)NC2CN3CCC2CC3)s1. The molecule has 0 aromatic carbocycles. The predicted molar refractivity (Wildman–Crippen MR) is 81.1 cm³/mol. The van der Waals surface area contributed by atoms with Gasteiger partial charge in [-0.2, -0.15) is 0 Å². The molecule has 1 aromatic rings. The van der Waals surface area contributed by atoms with Crippen molar-refractivity contribution in [3.05, 3.63) is 4.88 Å². The second kappa shape index (κ2) is 5.57. The van der Waals surface area contributed by atoms with Crippen LogP contribution in [0, 0.1) is 5.92 Å². The highest BCUT2D eigenvalue weighted by molar-refractivity contribution is 7.18. The normalized spacial score (nSPS) is 28.4. The Hall–Kier alpha value is -1.34. The van der Waals surface area contributed by atoms with E-state index in [4.69, 9.17) is 5.73 Å². The van der Waals surface area contributed by atoms with Crippen molar-refractivity contribution in [2.24, 2.45) is 5.92 Å². The van der Waals surface area contributed by atoms with Crippen LogP contribution in [0.3, 0.4) is 0 Å². The second-order valence-corrected chi connectivity index (χ2v) is 6.48. The van der Waals surface area contributed by atoms with E-state index in [0.717, 1.165) is 13.1 Å². The Morgan fingerprint density at radius 2 is 2.25 bits per heavy atom. The summed E-state index contributed by atoms with van der Waals surface area (Å²) in [7, 11) is 0. The van der Waals surface area contributed by atoms with Gasteiger partial charge < -0.3 is 21.3 Å². The molecule has 0 radical (unpaired) electrons. The smallest absolute Gasteiger partial charge is 0.265 e. The number of aromatic nitrogens is 1. The first-order chi connectivity index (χ1) is 9.67. The number of nitrogen functional groups attached to an aromatic ring is 1. The van der Waals surface area contributed by atoms with Gasteiger partial charge in [-0.1, -0.05) is 11.3 Å². The largest absolute Gasteiger partial charge is 0.382 e. The van der Waals surface area contributed by atoms with Gasteiger partial charge in [-0.25, -0.2) is 4.98 Å². The minimum atomic E-state index is -0.0806. The van der Waals surface area contributed by atoms with Crippen LogP contribution < -0.4 is 16.4 Å². The van der Waals surface area contributed by atoms with Crippen LogP contribution in [0.25, 0.3) is 0 Å². The van der Waals surface area contributed by atoms with E-state index < -0.39 is 0 Å². The summed E-state index contributed by atoms with van der Waals surface area (Å²) in [4.78, 5) is 19.5. The quantitative estimate of drug-likeness (QED) is 0.771. The molecule has 7 heteroatoms. The molecule has 0 saturated carbocycles. The van der Waals surface area contributed by atoms with E-state index in [1.165, 1.54) is 37.3 Å². The molecule has 110 valence electrons.